The number of rotatable bonds is 7. The molecule has 0 aliphatic rings. The van der Waals surface area contributed by atoms with Gasteiger partial charge < -0.3 is 25.1 Å². The van der Waals surface area contributed by atoms with Crippen LogP contribution in [0.3, 0.4) is 0 Å². The third-order valence-electron chi connectivity index (χ3n) is 2.46. The molecule has 0 unspecified atom stereocenters. The summed E-state index contributed by atoms with van der Waals surface area (Å²) in [6.07, 6.45) is 0.263. The van der Waals surface area contributed by atoms with Gasteiger partial charge in [-0.25, -0.2) is 0 Å². The van der Waals surface area contributed by atoms with Gasteiger partial charge in [-0.2, -0.15) is 0 Å². The number of ether oxygens (including phenoxy) is 1. The van der Waals surface area contributed by atoms with Crippen LogP contribution in [0.1, 0.15) is 22.7 Å². The average Bonchev–Trinajstić information content (AvgIpc) is 2.84. The third-order valence-corrected chi connectivity index (χ3v) is 2.46. The van der Waals surface area contributed by atoms with Crippen molar-refractivity contribution in [2.45, 2.75) is 13.3 Å². The predicted molar refractivity (Wildman–Crippen MR) is 67.0 cm³/mol. The van der Waals surface area contributed by atoms with Crippen LogP contribution in [0.4, 0.5) is 0 Å². The van der Waals surface area contributed by atoms with Crippen molar-refractivity contribution in [2.24, 2.45) is 10.9 Å². The molecule has 0 atom stereocenters. The zero-order chi connectivity index (χ0) is 14.3. The number of aromatic nitrogens is 1. The molecule has 106 valence electrons. The molecule has 1 amide bonds. The van der Waals surface area contributed by atoms with Gasteiger partial charge in [0.05, 0.1) is 12.3 Å². The summed E-state index contributed by atoms with van der Waals surface area (Å²) in [5, 5.41) is 15.0. The maximum absolute atomic E-state index is 12.2. The van der Waals surface area contributed by atoms with Crippen molar-refractivity contribution in [3.63, 3.8) is 0 Å². The molecule has 0 saturated carbocycles. The molecule has 1 rings (SSSR count). The predicted octanol–water partition coefficient (Wildman–Crippen LogP) is 0.208. The standard InChI is InChI=1S/C11H18N4O4/c1-8-7-9(19-14-8)11(16)15(5-6-18-2)4-3-10(12)13-17/h7,17H,3-6H2,1-2H3,(H2,12,13). The Morgan fingerprint density at radius 2 is 2.37 bits per heavy atom. The summed E-state index contributed by atoms with van der Waals surface area (Å²) < 4.78 is 9.87. The Morgan fingerprint density at radius 3 is 2.89 bits per heavy atom. The summed E-state index contributed by atoms with van der Waals surface area (Å²) in [6.45, 7) is 2.80. The Kier molecular flexibility index (Phi) is 5.80. The highest BCUT2D eigenvalue weighted by molar-refractivity contribution is 5.92. The van der Waals surface area contributed by atoms with Gasteiger partial charge in [-0.15, -0.1) is 0 Å². The number of aryl methyl sites for hydroxylation is 1. The molecular formula is C11H18N4O4. The lowest BCUT2D eigenvalue weighted by Crippen LogP contribution is -2.36. The van der Waals surface area contributed by atoms with Gasteiger partial charge >= 0.3 is 0 Å². The van der Waals surface area contributed by atoms with Crippen molar-refractivity contribution in [3.8, 4) is 0 Å². The van der Waals surface area contributed by atoms with Gasteiger partial charge in [-0.05, 0) is 6.92 Å². The minimum Gasteiger partial charge on any atom is -0.409 e. The van der Waals surface area contributed by atoms with Crippen LogP contribution in [0.2, 0.25) is 0 Å². The molecule has 0 aromatic carbocycles. The number of hydrogen-bond acceptors (Lipinski definition) is 6. The van der Waals surface area contributed by atoms with E-state index in [0.717, 1.165) is 0 Å². The molecule has 1 aromatic heterocycles. The summed E-state index contributed by atoms with van der Waals surface area (Å²) in [4.78, 5) is 13.7. The van der Waals surface area contributed by atoms with E-state index >= 15 is 0 Å². The highest BCUT2D eigenvalue weighted by Gasteiger charge is 2.19. The molecule has 3 N–H and O–H groups in total. The normalized spacial score (nSPS) is 11.6. The summed E-state index contributed by atoms with van der Waals surface area (Å²) in [7, 11) is 1.55. The number of amides is 1. The zero-order valence-electron chi connectivity index (χ0n) is 11.0. The van der Waals surface area contributed by atoms with Gasteiger partial charge in [0.1, 0.15) is 5.84 Å². The van der Waals surface area contributed by atoms with Crippen LogP contribution in [-0.2, 0) is 4.74 Å². The first-order chi connectivity index (χ1) is 9.08. The SMILES string of the molecule is COCCN(CCC(N)=NO)C(=O)c1cc(C)no1. The van der Waals surface area contributed by atoms with Gasteiger partial charge in [0, 0.05) is 32.7 Å². The molecule has 19 heavy (non-hydrogen) atoms. The minimum atomic E-state index is -0.302. The molecule has 0 aliphatic heterocycles. The fourth-order valence-corrected chi connectivity index (χ4v) is 1.44. The number of oxime groups is 1. The Balaban J connectivity index is 2.69. The number of nitrogens with zero attached hydrogens (tertiary/aromatic N) is 3. The monoisotopic (exact) mass is 270 g/mol. The van der Waals surface area contributed by atoms with Crippen molar-refractivity contribution in [1.82, 2.24) is 10.1 Å². The number of methoxy groups -OCH3 is 1. The zero-order valence-corrected chi connectivity index (χ0v) is 11.0. The van der Waals surface area contributed by atoms with Gasteiger partial charge in [0.2, 0.25) is 5.76 Å². The largest absolute Gasteiger partial charge is 0.409 e. The summed E-state index contributed by atoms with van der Waals surface area (Å²) in [5.41, 5.74) is 6.02. The minimum absolute atomic E-state index is 0.0592. The Hall–Kier alpha value is -2.09. The fraction of sp³-hybridized carbons (Fsp3) is 0.545. The molecule has 8 heteroatoms. The first-order valence-corrected chi connectivity index (χ1v) is 5.76. The van der Waals surface area contributed by atoms with Gasteiger partial charge in [0.25, 0.3) is 5.91 Å². The van der Waals surface area contributed by atoms with Crippen LogP contribution >= 0.6 is 0 Å². The number of amidine groups is 1. The Bertz CT molecular complexity index is 444. The number of carbonyl (C=O) groups excluding carboxylic acids is 1. The van der Waals surface area contributed by atoms with E-state index < -0.39 is 0 Å². The molecular weight excluding hydrogens is 252 g/mol. The first kappa shape index (κ1) is 15.0. The van der Waals surface area contributed by atoms with E-state index in [1.54, 1.807) is 20.1 Å². The molecule has 0 aliphatic carbocycles. The summed E-state index contributed by atoms with van der Waals surface area (Å²) >= 11 is 0. The van der Waals surface area contributed by atoms with Crippen molar-refractivity contribution in [2.75, 3.05) is 26.8 Å². The number of nitrogens with two attached hydrogens (primary N) is 1. The average molecular weight is 270 g/mol. The van der Waals surface area contributed by atoms with Crippen LogP contribution in [0, 0.1) is 6.92 Å². The van der Waals surface area contributed by atoms with E-state index in [0.29, 0.717) is 25.4 Å². The lowest BCUT2D eigenvalue weighted by Gasteiger charge is -2.20. The molecule has 8 nitrogen and oxygen atoms in total. The topological polar surface area (TPSA) is 114 Å². The highest BCUT2D eigenvalue weighted by Crippen LogP contribution is 2.07. The Labute approximate surface area is 110 Å². The smallest absolute Gasteiger partial charge is 0.292 e. The number of hydrogen-bond donors (Lipinski definition) is 2. The van der Waals surface area contributed by atoms with Crippen molar-refractivity contribution < 1.29 is 19.3 Å². The Morgan fingerprint density at radius 1 is 1.63 bits per heavy atom. The van der Waals surface area contributed by atoms with Crippen LogP contribution in [-0.4, -0.2) is 53.8 Å². The van der Waals surface area contributed by atoms with E-state index in [1.165, 1.54) is 4.90 Å². The second-order valence-electron chi connectivity index (χ2n) is 3.96. The van der Waals surface area contributed by atoms with Crippen molar-refractivity contribution in [3.05, 3.63) is 17.5 Å². The maximum atomic E-state index is 12.2. The molecule has 0 fully saturated rings. The van der Waals surface area contributed by atoms with Crippen LogP contribution < -0.4 is 5.73 Å². The van der Waals surface area contributed by atoms with Crippen molar-refractivity contribution in [1.29, 1.82) is 0 Å². The van der Waals surface area contributed by atoms with Crippen LogP contribution in [0.15, 0.2) is 15.7 Å². The molecule has 0 saturated heterocycles. The fourth-order valence-electron chi connectivity index (χ4n) is 1.44. The van der Waals surface area contributed by atoms with Gasteiger partial charge in [-0.1, -0.05) is 10.3 Å². The second-order valence-corrected chi connectivity index (χ2v) is 3.96. The van der Waals surface area contributed by atoms with Crippen molar-refractivity contribution >= 4 is 11.7 Å². The third kappa shape index (κ3) is 4.59. The summed E-state index contributed by atoms with van der Waals surface area (Å²) in [6, 6.07) is 1.56. The molecule has 1 aromatic rings. The van der Waals surface area contributed by atoms with E-state index in [9.17, 15) is 4.79 Å². The van der Waals surface area contributed by atoms with E-state index in [2.05, 4.69) is 10.3 Å². The summed E-state index contributed by atoms with van der Waals surface area (Å²) in [5.74, 6) is -0.0829. The van der Waals surface area contributed by atoms with Gasteiger partial charge in [0.15, 0.2) is 0 Å². The van der Waals surface area contributed by atoms with Crippen LogP contribution in [0.5, 0.6) is 0 Å². The molecule has 0 radical (unpaired) electrons. The first-order valence-electron chi connectivity index (χ1n) is 5.76. The van der Waals surface area contributed by atoms with E-state index in [1.807, 2.05) is 0 Å². The molecule has 1 heterocycles. The quantitative estimate of drug-likeness (QED) is 0.317. The van der Waals surface area contributed by atoms with Crippen LogP contribution in [0.25, 0.3) is 0 Å². The van der Waals surface area contributed by atoms with E-state index in [-0.39, 0.29) is 23.9 Å². The lowest BCUT2D eigenvalue weighted by atomic mass is 10.3. The highest BCUT2D eigenvalue weighted by atomic mass is 16.5. The maximum Gasteiger partial charge on any atom is 0.292 e. The number of carbonyl (C=O) groups is 1. The van der Waals surface area contributed by atoms with E-state index in [4.69, 9.17) is 20.2 Å². The molecule has 0 bridgehead atoms. The molecule has 0 spiro atoms. The second kappa shape index (κ2) is 7.37. The lowest BCUT2D eigenvalue weighted by molar-refractivity contribution is 0.0660. The van der Waals surface area contributed by atoms with Gasteiger partial charge in [-0.3, -0.25) is 4.79 Å².